The van der Waals surface area contributed by atoms with Crippen molar-refractivity contribution < 1.29 is 9.90 Å². The highest BCUT2D eigenvalue weighted by Crippen LogP contribution is 2.34. The Balaban J connectivity index is 2.04. The average molecular weight is 233 g/mol. The molecule has 3 rings (SSSR count). The highest BCUT2D eigenvalue weighted by atomic mass is 16.3. The number of aromatic nitrogens is 1. The minimum absolute atomic E-state index is 0.0655. The van der Waals surface area contributed by atoms with E-state index in [1.54, 1.807) is 6.07 Å². The van der Waals surface area contributed by atoms with Crippen LogP contribution in [0.1, 0.15) is 25.0 Å². The lowest BCUT2D eigenvalue weighted by Crippen LogP contribution is -2.51. The fraction of sp³-hybridized carbons (Fsp3) is 0.500. The van der Waals surface area contributed by atoms with Gasteiger partial charge >= 0.3 is 0 Å². The average Bonchev–Trinajstić information content (AvgIpc) is 2.39. The molecule has 0 saturated carbocycles. The summed E-state index contributed by atoms with van der Waals surface area (Å²) in [5, 5.41) is 12.0. The predicted octanol–water partition coefficient (Wildman–Crippen LogP) is 0.885. The SMILES string of the molecule is O=C1Nc2ccc(CO)nc2N2CCCCC12. The maximum Gasteiger partial charge on any atom is 0.247 e. The van der Waals surface area contributed by atoms with Crippen molar-refractivity contribution >= 4 is 17.4 Å². The quantitative estimate of drug-likeness (QED) is 0.756. The van der Waals surface area contributed by atoms with Gasteiger partial charge in [-0.25, -0.2) is 4.98 Å². The highest BCUT2D eigenvalue weighted by Gasteiger charge is 2.35. The largest absolute Gasteiger partial charge is 0.390 e. The van der Waals surface area contributed by atoms with Gasteiger partial charge in [0.2, 0.25) is 5.91 Å². The van der Waals surface area contributed by atoms with Gasteiger partial charge in [0.25, 0.3) is 0 Å². The number of piperidine rings is 1. The number of carbonyl (C=O) groups is 1. The Morgan fingerprint density at radius 1 is 1.47 bits per heavy atom. The molecule has 1 aromatic rings. The van der Waals surface area contributed by atoms with Crippen LogP contribution < -0.4 is 10.2 Å². The van der Waals surface area contributed by atoms with Crippen molar-refractivity contribution in [3.05, 3.63) is 17.8 Å². The predicted molar refractivity (Wildman–Crippen MR) is 63.8 cm³/mol. The maximum atomic E-state index is 11.9. The Kier molecular flexibility index (Phi) is 2.48. The number of aliphatic hydroxyl groups excluding tert-OH is 1. The van der Waals surface area contributed by atoms with Gasteiger partial charge in [0.1, 0.15) is 6.04 Å². The number of hydrogen-bond donors (Lipinski definition) is 2. The molecule has 0 radical (unpaired) electrons. The van der Waals surface area contributed by atoms with E-state index in [9.17, 15) is 4.79 Å². The molecule has 90 valence electrons. The molecule has 2 N–H and O–H groups in total. The van der Waals surface area contributed by atoms with Crippen LogP contribution in [0.2, 0.25) is 0 Å². The van der Waals surface area contributed by atoms with Crippen LogP contribution in [0, 0.1) is 0 Å². The number of hydrogen-bond acceptors (Lipinski definition) is 4. The van der Waals surface area contributed by atoms with E-state index >= 15 is 0 Å². The molecule has 0 aliphatic carbocycles. The first kappa shape index (κ1) is 10.5. The Hall–Kier alpha value is -1.62. The van der Waals surface area contributed by atoms with E-state index in [2.05, 4.69) is 15.2 Å². The molecule has 1 unspecified atom stereocenters. The summed E-state index contributed by atoms with van der Waals surface area (Å²) in [6, 6.07) is 3.47. The summed E-state index contributed by atoms with van der Waals surface area (Å²) in [5.74, 6) is 0.872. The summed E-state index contributed by atoms with van der Waals surface area (Å²) < 4.78 is 0. The van der Waals surface area contributed by atoms with Gasteiger partial charge in [-0.3, -0.25) is 4.79 Å². The van der Waals surface area contributed by atoms with Crippen molar-refractivity contribution in [2.75, 3.05) is 16.8 Å². The van der Waals surface area contributed by atoms with Crippen molar-refractivity contribution in [1.29, 1.82) is 0 Å². The van der Waals surface area contributed by atoms with Gasteiger partial charge in [-0.2, -0.15) is 0 Å². The second kappa shape index (κ2) is 4.00. The smallest absolute Gasteiger partial charge is 0.247 e. The molecule has 5 nitrogen and oxygen atoms in total. The van der Waals surface area contributed by atoms with Gasteiger partial charge < -0.3 is 15.3 Å². The molecule has 2 aliphatic rings. The maximum absolute atomic E-state index is 11.9. The van der Waals surface area contributed by atoms with E-state index in [4.69, 9.17) is 5.11 Å². The Bertz CT molecular complexity index is 461. The van der Waals surface area contributed by atoms with Crippen LogP contribution in [0.25, 0.3) is 0 Å². The molecule has 0 spiro atoms. The number of anilines is 2. The van der Waals surface area contributed by atoms with Crippen molar-refractivity contribution in [3.8, 4) is 0 Å². The highest BCUT2D eigenvalue weighted by molar-refractivity contribution is 6.02. The molecule has 3 heterocycles. The van der Waals surface area contributed by atoms with Gasteiger partial charge in [-0.15, -0.1) is 0 Å². The van der Waals surface area contributed by atoms with Gasteiger partial charge in [-0.1, -0.05) is 0 Å². The zero-order chi connectivity index (χ0) is 11.8. The molecule has 1 aromatic heterocycles. The van der Waals surface area contributed by atoms with Crippen LogP contribution in [0.15, 0.2) is 12.1 Å². The number of rotatable bonds is 1. The molecule has 0 aromatic carbocycles. The van der Waals surface area contributed by atoms with Gasteiger partial charge in [0.05, 0.1) is 18.0 Å². The standard InChI is InChI=1S/C12H15N3O2/c16-7-8-4-5-9-11(13-8)15-6-2-1-3-10(15)12(17)14-9/h4-5,10,16H,1-3,6-7H2,(H,14,17). The van der Waals surface area contributed by atoms with E-state index in [1.807, 2.05) is 6.07 Å². The Morgan fingerprint density at radius 2 is 2.35 bits per heavy atom. The number of amides is 1. The zero-order valence-corrected chi connectivity index (χ0v) is 9.52. The van der Waals surface area contributed by atoms with Crippen LogP contribution in [-0.4, -0.2) is 28.6 Å². The fourth-order valence-corrected chi connectivity index (χ4v) is 2.57. The minimum Gasteiger partial charge on any atom is -0.390 e. The first-order chi connectivity index (χ1) is 8.29. The summed E-state index contributed by atoms with van der Waals surface area (Å²) in [6.45, 7) is 0.798. The van der Waals surface area contributed by atoms with Crippen molar-refractivity contribution in [1.82, 2.24) is 4.98 Å². The summed E-state index contributed by atoms with van der Waals surface area (Å²) in [6.07, 6.45) is 3.06. The summed E-state index contributed by atoms with van der Waals surface area (Å²) in [7, 11) is 0. The first-order valence-electron chi connectivity index (χ1n) is 5.98. The zero-order valence-electron chi connectivity index (χ0n) is 9.52. The third-order valence-corrected chi connectivity index (χ3v) is 3.43. The van der Waals surface area contributed by atoms with Crippen molar-refractivity contribution in [2.24, 2.45) is 0 Å². The second-order valence-electron chi connectivity index (χ2n) is 4.53. The molecule has 17 heavy (non-hydrogen) atoms. The number of nitrogens with zero attached hydrogens (tertiary/aromatic N) is 2. The fourth-order valence-electron chi connectivity index (χ4n) is 2.57. The molecule has 1 fully saturated rings. The lowest BCUT2D eigenvalue weighted by Gasteiger charge is -2.40. The number of carbonyl (C=O) groups excluding carboxylic acids is 1. The van der Waals surface area contributed by atoms with Crippen LogP contribution in [0.5, 0.6) is 0 Å². The molecular formula is C12H15N3O2. The van der Waals surface area contributed by atoms with E-state index < -0.39 is 0 Å². The third-order valence-electron chi connectivity index (χ3n) is 3.43. The number of aliphatic hydroxyl groups is 1. The molecule has 2 aliphatic heterocycles. The molecule has 5 heteroatoms. The number of nitrogens with one attached hydrogen (secondary N) is 1. The molecule has 1 amide bonds. The lowest BCUT2D eigenvalue weighted by molar-refractivity contribution is -0.118. The van der Waals surface area contributed by atoms with E-state index in [0.717, 1.165) is 37.3 Å². The topological polar surface area (TPSA) is 65.5 Å². The summed E-state index contributed by atoms with van der Waals surface area (Å²) >= 11 is 0. The van der Waals surface area contributed by atoms with Gasteiger partial charge in [0, 0.05) is 6.54 Å². The number of pyridine rings is 1. The van der Waals surface area contributed by atoms with Gasteiger partial charge in [-0.05, 0) is 31.4 Å². The van der Waals surface area contributed by atoms with E-state index in [-0.39, 0.29) is 18.6 Å². The van der Waals surface area contributed by atoms with Crippen LogP contribution in [0.3, 0.4) is 0 Å². The summed E-state index contributed by atoms with van der Waals surface area (Å²) in [4.78, 5) is 18.4. The molecular weight excluding hydrogens is 218 g/mol. The summed E-state index contributed by atoms with van der Waals surface area (Å²) in [5.41, 5.74) is 1.40. The Labute approximate surface area is 99.5 Å². The number of fused-ring (bicyclic) bond motifs is 3. The Morgan fingerprint density at radius 3 is 3.18 bits per heavy atom. The minimum atomic E-state index is -0.0855. The first-order valence-corrected chi connectivity index (χ1v) is 5.98. The van der Waals surface area contributed by atoms with E-state index in [1.165, 1.54) is 0 Å². The normalized spacial score (nSPS) is 22.8. The van der Waals surface area contributed by atoms with Crippen LogP contribution in [0.4, 0.5) is 11.5 Å². The van der Waals surface area contributed by atoms with Gasteiger partial charge in [0.15, 0.2) is 5.82 Å². The van der Waals surface area contributed by atoms with Crippen LogP contribution >= 0.6 is 0 Å². The third kappa shape index (κ3) is 1.67. The molecule has 0 bridgehead atoms. The molecule has 1 saturated heterocycles. The van der Waals surface area contributed by atoms with E-state index in [0.29, 0.717) is 5.69 Å². The monoisotopic (exact) mass is 233 g/mol. The lowest BCUT2D eigenvalue weighted by atomic mass is 9.99. The second-order valence-corrected chi connectivity index (χ2v) is 4.53. The van der Waals surface area contributed by atoms with Crippen molar-refractivity contribution in [2.45, 2.75) is 31.9 Å². The van der Waals surface area contributed by atoms with Crippen LogP contribution in [-0.2, 0) is 11.4 Å². The molecule has 1 atom stereocenters. The van der Waals surface area contributed by atoms with Crippen molar-refractivity contribution in [3.63, 3.8) is 0 Å².